The second-order valence-electron chi connectivity index (χ2n) is 6.05. The zero-order valence-electron chi connectivity index (χ0n) is 11.8. The SMILES string of the molecule is CC(C)(C(=O)O)C1CCCN(CCc2ccsc2)C1. The monoisotopic (exact) mass is 281 g/mol. The van der Waals surface area contributed by atoms with Crippen LogP contribution >= 0.6 is 11.3 Å². The summed E-state index contributed by atoms with van der Waals surface area (Å²) in [6.45, 7) is 6.80. The fourth-order valence-electron chi connectivity index (χ4n) is 2.74. The molecule has 0 bridgehead atoms. The largest absolute Gasteiger partial charge is 0.481 e. The van der Waals surface area contributed by atoms with Gasteiger partial charge in [-0.05, 0) is 68.0 Å². The number of carboxylic acids is 1. The molecule has 1 aliphatic heterocycles. The molecule has 0 spiro atoms. The van der Waals surface area contributed by atoms with E-state index in [-0.39, 0.29) is 5.92 Å². The van der Waals surface area contributed by atoms with E-state index >= 15 is 0 Å². The van der Waals surface area contributed by atoms with Crippen molar-refractivity contribution in [1.29, 1.82) is 0 Å². The van der Waals surface area contributed by atoms with Crippen LogP contribution < -0.4 is 0 Å². The summed E-state index contributed by atoms with van der Waals surface area (Å²) >= 11 is 1.74. The van der Waals surface area contributed by atoms with E-state index in [1.165, 1.54) is 5.56 Å². The molecule has 2 heterocycles. The molecule has 1 aromatic rings. The number of hydrogen-bond donors (Lipinski definition) is 1. The number of carboxylic acid groups (broad SMARTS) is 1. The van der Waals surface area contributed by atoms with Crippen LogP contribution in [0.15, 0.2) is 16.8 Å². The average molecular weight is 281 g/mol. The van der Waals surface area contributed by atoms with Crippen LogP contribution in [0.5, 0.6) is 0 Å². The molecule has 106 valence electrons. The smallest absolute Gasteiger partial charge is 0.309 e. The van der Waals surface area contributed by atoms with Gasteiger partial charge in [0.25, 0.3) is 0 Å². The number of nitrogens with zero attached hydrogens (tertiary/aromatic N) is 1. The van der Waals surface area contributed by atoms with E-state index in [2.05, 4.69) is 21.7 Å². The molecule has 19 heavy (non-hydrogen) atoms. The Labute approximate surface area is 119 Å². The first-order valence-electron chi connectivity index (χ1n) is 6.97. The van der Waals surface area contributed by atoms with Crippen molar-refractivity contribution in [3.63, 3.8) is 0 Å². The number of rotatable bonds is 5. The molecular weight excluding hydrogens is 258 g/mol. The maximum Gasteiger partial charge on any atom is 0.309 e. The van der Waals surface area contributed by atoms with Gasteiger partial charge in [-0.1, -0.05) is 0 Å². The van der Waals surface area contributed by atoms with Crippen LogP contribution in [-0.4, -0.2) is 35.6 Å². The Bertz CT molecular complexity index is 414. The lowest BCUT2D eigenvalue weighted by Crippen LogP contribution is -2.45. The third-order valence-corrected chi connectivity index (χ3v) is 5.11. The molecule has 2 rings (SSSR count). The summed E-state index contributed by atoms with van der Waals surface area (Å²) in [5.74, 6) is -0.404. The van der Waals surface area contributed by atoms with Crippen molar-refractivity contribution in [2.75, 3.05) is 19.6 Å². The Hall–Kier alpha value is -0.870. The Balaban J connectivity index is 1.88. The molecule has 1 unspecified atom stereocenters. The van der Waals surface area contributed by atoms with E-state index in [4.69, 9.17) is 0 Å². The second kappa shape index (κ2) is 6.06. The molecule has 0 aliphatic carbocycles. The Morgan fingerprint density at radius 2 is 2.37 bits per heavy atom. The highest BCUT2D eigenvalue weighted by molar-refractivity contribution is 7.07. The molecule has 3 nitrogen and oxygen atoms in total. The summed E-state index contributed by atoms with van der Waals surface area (Å²) in [6, 6.07) is 2.17. The first kappa shape index (κ1) is 14.5. The quantitative estimate of drug-likeness (QED) is 0.901. The second-order valence-corrected chi connectivity index (χ2v) is 6.83. The van der Waals surface area contributed by atoms with Gasteiger partial charge in [0.05, 0.1) is 5.41 Å². The third kappa shape index (κ3) is 3.57. The van der Waals surface area contributed by atoms with Gasteiger partial charge in [-0.2, -0.15) is 11.3 Å². The standard InChI is InChI=1S/C15H23NO2S/c1-15(2,14(17)18)13-4-3-7-16(10-13)8-5-12-6-9-19-11-12/h6,9,11,13H,3-5,7-8,10H2,1-2H3,(H,17,18). The highest BCUT2D eigenvalue weighted by Gasteiger charge is 2.38. The molecule has 0 amide bonds. The molecule has 1 aliphatic rings. The van der Waals surface area contributed by atoms with Gasteiger partial charge in [0.1, 0.15) is 0 Å². The molecular formula is C15H23NO2S. The van der Waals surface area contributed by atoms with Crippen LogP contribution in [0, 0.1) is 11.3 Å². The number of thiophene rings is 1. The molecule has 0 radical (unpaired) electrons. The topological polar surface area (TPSA) is 40.5 Å². The van der Waals surface area contributed by atoms with E-state index in [0.717, 1.165) is 38.9 Å². The first-order chi connectivity index (χ1) is 9.00. The van der Waals surface area contributed by atoms with E-state index in [9.17, 15) is 9.90 Å². The van der Waals surface area contributed by atoms with E-state index in [0.29, 0.717) is 0 Å². The molecule has 1 aromatic heterocycles. The van der Waals surface area contributed by atoms with Gasteiger partial charge in [-0.3, -0.25) is 4.79 Å². The maximum atomic E-state index is 11.4. The summed E-state index contributed by atoms with van der Waals surface area (Å²) in [5.41, 5.74) is 0.783. The fraction of sp³-hybridized carbons (Fsp3) is 0.667. The maximum absolute atomic E-state index is 11.4. The Morgan fingerprint density at radius 3 is 3.00 bits per heavy atom. The lowest BCUT2D eigenvalue weighted by Gasteiger charge is -2.39. The van der Waals surface area contributed by atoms with E-state index in [1.807, 2.05) is 13.8 Å². The highest BCUT2D eigenvalue weighted by Crippen LogP contribution is 2.34. The predicted molar refractivity (Wildman–Crippen MR) is 78.6 cm³/mol. The summed E-state index contributed by atoms with van der Waals surface area (Å²) in [6.07, 6.45) is 3.23. The van der Waals surface area contributed by atoms with E-state index in [1.54, 1.807) is 11.3 Å². The predicted octanol–water partition coefficient (Wildman–Crippen LogP) is 3.11. The van der Waals surface area contributed by atoms with Gasteiger partial charge in [0.2, 0.25) is 0 Å². The lowest BCUT2D eigenvalue weighted by molar-refractivity contribution is -0.151. The minimum atomic E-state index is -0.669. The third-order valence-electron chi connectivity index (χ3n) is 4.37. The summed E-state index contributed by atoms with van der Waals surface area (Å²) in [7, 11) is 0. The number of likely N-dealkylation sites (tertiary alicyclic amines) is 1. The average Bonchev–Trinajstić information content (AvgIpc) is 2.89. The number of aliphatic carboxylic acids is 1. The van der Waals surface area contributed by atoms with Crippen LogP contribution in [0.4, 0.5) is 0 Å². The van der Waals surface area contributed by atoms with Gasteiger partial charge in [-0.15, -0.1) is 0 Å². The van der Waals surface area contributed by atoms with Gasteiger partial charge < -0.3 is 10.0 Å². The summed E-state index contributed by atoms with van der Waals surface area (Å²) in [5, 5.41) is 13.7. The number of piperidine rings is 1. The van der Waals surface area contributed by atoms with Crippen LogP contribution in [0.2, 0.25) is 0 Å². The van der Waals surface area contributed by atoms with Gasteiger partial charge >= 0.3 is 5.97 Å². The number of hydrogen-bond acceptors (Lipinski definition) is 3. The molecule has 1 atom stereocenters. The molecule has 1 fully saturated rings. The highest BCUT2D eigenvalue weighted by atomic mass is 32.1. The summed E-state index contributed by atoms with van der Waals surface area (Å²) < 4.78 is 0. The van der Waals surface area contributed by atoms with E-state index < -0.39 is 11.4 Å². The van der Waals surface area contributed by atoms with Crippen LogP contribution in [0.25, 0.3) is 0 Å². The van der Waals surface area contributed by atoms with Gasteiger partial charge in [-0.25, -0.2) is 0 Å². The van der Waals surface area contributed by atoms with Gasteiger partial charge in [0, 0.05) is 13.1 Å². The number of carbonyl (C=O) groups is 1. The van der Waals surface area contributed by atoms with Crippen molar-refractivity contribution in [3.8, 4) is 0 Å². The van der Waals surface area contributed by atoms with Crippen molar-refractivity contribution in [2.45, 2.75) is 33.1 Å². The zero-order valence-corrected chi connectivity index (χ0v) is 12.6. The minimum absolute atomic E-state index is 0.265. The van der Waals surface area contributed by atoms with Gasteiger partial charge in [0.15, 0.2) is 0 Å². The molecule has 4 heteroatoms. The fourth-order valence-corrected chi connectivity index (χ4v) is 3.45. The lowest BCUT2D eigenvalue weighted by atomic mass is 9.74. The molecule has 0 aromatic carbocycles. The summed E-state index contributed by atoms with van der Waals surface area (Å²) in [4.78, 5) is 13.8. The molecule has 0 saturated carbocycles. The normalized spacial score (nSPS) is 21.5. The van der Waals surface area contributed by atoms with Crippen LogP contribution in [0.1, 0.15) is 32.3 Å². The van der Waals surface area contributed by atoms with Crippen molar-refractivity contribution in [3.05, 3.63) is 22.4 Å². The van der Waals surface area contributed by atoms with Crippen molar-refractivity contribution < 1.29 is 9.90 Å². The van der Waals surface area contributed by atoms with Crippen molar-refractivity contribution in [2.24, 2.45) is 11.3 Å². The van der Waals surface area contributed by atoms with Crippen LogP contribution in [0.3, 0.4) is 0 Å². The molecule has 1 saturated heterocycles. The zero-order chi connectivity index (χ0) is 13.9. The minimum Gasteiger partial charge on any atom is -0.481 e. The molecule has 1 N–H and O–H groups in total. The first-order valence-corrected chi connectivity index (χ1v) is 7.91. The van der Waals surface area contributed by atoms with Crippen LogP contribution in [-0.2, 0) is 11.2 Å². The Kier molecular flexibility index (Phi) is 4.63. The van der Waals surface area contributed by atoms with Crippen molar-refractivity contribution >= 4 is 17.3 Å². The van der Waals surface area contributed by atoms with Crippen molar-refractivity contribution in [1.82, 2.24) is 4.90 Å². The Morgan fingerprint density at radius 1 is 1.58 bits per heavy atom.